The van der Waals surface area contributed by atoms with Crippen LogP contribution in [0.15, 0.2) is 40.6 Å². The highest BCUT2D eigenvalue weighted by molar-refractivity contribution is 7.12. The first-order valence-electron chi connectivity index (χ1n) is 7.86. The third kappa shape index (κ3) is 3.25. The van der Waals surface area contributed by atoms with Crippen LogP contribution in [0.25, 0.3) is 11.1 Å². The smallest absolute Gasteiger partial charge is 0.0742 e. The maximum Gasteiger partial charge on any atom is 0.0742 e. The Morgan fingerprint density at radius 2 is 2.04 bits per heavy atom. The lowest BCUT2D eigenvalue weighted by molar-refractivity contribution is 0.648. The number of hydrogen-bond acceptors (Lipinski definition) is 4. The van der Waals surface area contributed by atoms with Crippen LogP contribution in [0, 0.1) is 11.3 Å². The molecule has 3 rings (SSSR count). The molecule has 0 fully saturated rings. The standard InChI is InChI=1S/C19H22N2S2/c1-11(2)7-13-9-16(23-10-13)17-12(3)8-14(18(20)19(17)21)15-5-4-6-22-15/h4-6,8-11,19-20H,7,21H2,1-3H3. The van der Waals surface area contributed by atoms with Crippen LogP contribution in [0.3, 0.4) is 0 Å². The zero-order valence-corrected chi connectivity index (χ0v) is 15.4. The summed E-state index contributed by atoms with van der Waals surface area (Å²) < 4.78 is 0. The molecule has 1 atom stereocenters. The van der Waals surface area contributed by atoms with Crippen LogP contribution in [0.1, 0.15) is 36.1 Å². The van der Waals surface area contributed by atoms with E-state index in [9.17, 15) is 0 Å². The molecule has 2 heterocycles. The summed E-state index contributed by atoms with van der Waals surface area (Å²) in [5.41, 5.74) is 11.6. The summed E-state index contributed by atoms with van der Waals surface area (Å²) in [6, 6.07) is 5.98. The predicted molar refractivity (Wildman–Crippen MR) is 103 cm³/mol. The van der Waals surface area contributed by atoms with Gasteiger partial charge >= 0.3 is 0 Å². The van der Waals surface area contributed by atoms with Gasteiger partial charge in [0.15, 0.2) is 0 Å². The normalized spacial score (nSPS) is 18.7. The van der Waals surface area contributed by atoms with Gasteiger partial charge in [0.2, 0.25) is 0 Å². The molecule has 1 unspecified atom stereocenters. The molecular formula is C19H22N2S2. The first-order chi connectivity index (χ1) is 11.0. The van der Waals surface area contributed by atoms with Gasteiger partial charge < -0.3 is 11.1 Å². The van der Waals surface area contributed by atoms with Gasteiger partial charge in [-0.3, -0.25) is 0 Å². The summed E-state index contributed by atoms with van der Waals surface area (Å²) in [6.07, 6.45) is 3.21. The number of hydrogen-bond donors (Lipinski definition) is 2. The van der Waals surface area contributed by atoms with E-state index >= 15 is 0 Å². The molecule has 0 amide bonds. The Labute approximate surface area is 145 Å². The highest BCUT2D eigenvalue weighted by Gasteiger charge is 2.27. The van der Waals surface area contributed by atoms with Crippen molar-refractivity contribution in [1.29, 1.82) is 5.41 Å². The van der Waals surface area contributed by atoms with E-state index in [0.717, 1.165) is 22.4 Å². The molecule has 0 saturated carbocycles. The Bertz CT molecular complexity index is 776. The first kappa shape index (κ1) is 16.4. The van der Waals surface area contributed by atoms with Gasteiger partial charge in [-0.15, -0.1) is 22.7 Å². The second-order valence-corrected chi connectivity index (χ2v) is 8.30. The molecule has 0 saturated heterocycles. The molecule has 2 nitrogen and oxygen atoms in total. The van der Waals surface area contributed by atoms with E-state index in [0.29, 0.717) is 11.6 Å². The van der Waals surface area contributed by atoms with Crippen LogP contribution in [0.5, 0.6) is 0 Å². The maximum absolute atomic E-state index is 8.50. The molecule has 23 heavy (non-hydrogen) atoms. The van der Waals surface area contributed by atoms with Crippen LogP contribution in [-0.2, 0) is 6.42 Å². The van der Waals surface area contributed by atoms with Crippen molar-refractivity contribution >= 4 is 39.5 Å². The fraction of sp³-hybridized carbons (Fsp3) is 0.316. The number of nitrogens with two attached hydrogens (primary N) is 1. The van der Waals surface area contributed by atoms with E-state index < -0.39 is 0 Å². The number of nitrogens with one attached hydrogen (secondary N) is 1. The summed E-state index contributed by atoms with van der Waals surface area (Å²) in [4.78, 5) is 2.33. The van der Waals surface area contributed by atoms with Crippen molar-refractivity contribution in [1.82, 2.24) is 0 Å². The van der Waals surface area contributed by atoms with Crippen molar-refractivity contribution in [3.05, 3.63) is 55.9 Å². The first-order valence-corrected chi connectivity index (χ1v) is 9.61. The summed E-state index contributed by atoms with van der Waals surface area (Å²) in [5.74, 6) is 0.649. The van der Waals surface area contributed by atoms with Crippen molar-refractivity contribution < 1.29 is 0 Å². The summed E-state index contributed by atoms with van der Waals surface area (Å²) >= 11 is 3.41. The maximum atomic E-state index is 8.50. The molecule has 2 aromatic heterocycles. The van der Waals surface area contributed by atoms with E-state index in [2.05, 4.69) is 44.4 Å². The summed E-state index contributed by atoms with van der Waals surface area (Å²) in [6.45, 7) is 6.58. The minimum atomic E-state index is -0.345. The summed E-state index contributed by atoms with van der Waals surface area (Å²) in [5, 5.41) is 12.8. The van der Waals surface area contributed by atoms with Crippen LogP contribution in [0.4, 0.5) is 0 Å². The Hall–Kier alpha value is -1.49. The van der Waals surface area contributed by atoms with Gasteiger partial charge in [0.25, 0.3) is 0 Å². The van der Waals surface area contributed by atoms with Crippen molar-refractivity contribution in [3.63, 3.8) is 0 Å². The van der Waals surface area contributed by atoms with Gasteiger partial charge in [0.1, 0.15) is 0 Å². The second-order valence-electron chi connectivity index (χ2n) is 6.44. The lowest BCUT2D eigenvalue weighted by Crippen LogP contribution is -2.34. The van der Waals surface area contributed by atoms with Gasteiger partial charge in [0, 0.05) is 15.3 Å². The van der Waals surface area contributed by atoms with Gasteiger partial charge in [-0.25, -0.2) is 0 Å². The zero-order valence-electron chi connectivity index (χ0n) is 13.7. The summed E-state index contributed by atoms with van der Waals surface area (Å²) in [7, 11) is 0. The molecule has 0 aliphatic heterocycles. The van der Waals surface area contributed by atoms with Gasteiger partial charge in [-0.2, -0.15) is 0 Å². The second kappa shape index (κ2) is 6.56. The van der Waals surface area contributed by atoms with Crippen molar-refractivity contribution in [2.45, 2.75) is 33.2 Å². The predicted octanol–water partition coefficient (Wildman–Crippen LogP) is 5.23. The van der Waals surface area contributed by atoms with E-state index in [1.54, 1.807) is 22.7 Å². The van der Waals surface area contributed by atoms with Crippen LogP contribution >= 0.6 is 22.7 Å². The highest BCUT2D eigenvalue weighted by Crippen LogP contribution is 2.36. The molecule has 0 aromatic carbocycles. The van der Waals surface area contributed by atoms with E-state index in [-0.39, 0.29) is 6.04 Å². The van der Waals surface area contributed by atoms with Crippen molar-refractivity contribution in [3.8, 4) is 0 Å². The monoisotopic (exact) mass is 342 g/mol. The Kier molecular flexibility index (Phi) is 4.67. The Balaban J connectivity index is 2.00. The van der Waals surface area contributed by atoms with E-state index in [4.69, 9.17) is 11.1 Å². The molecule has 3 N–H and O–H groups in total. The van der Waals surface area contributed by atoms with Crippen LogP contribution in [0.2, 0.25) is 0 Å². The number of allylic oxidation sites excluding steroid dienone is 2. The average Bonchev–Trinajstić information content (AvgIpc) is 3.14. The third-order valence-corrected chi connectivity index (χ3v) is 5.96. The zero-order chi connectivity index (χ0) is 16.6. The van der Waals surface area contributed by atoms with Crippen LogP contribution in [-0.4, -0.2) is 11.8 Å². The molecule has 0 bridgehead atoms. The molecule has 0 spiro atoms. The van der Waals surface area contributed by atoms with Gasteiger partial charge in [-0.1, -0.05) is 19.9 Å². The van der Waals surface area contributed by atoms with Crippen LogP contribution < -0.4 is 5.73 Å². The van der Waals surface area contributed by atoms with Gasteiger partial charge in [0.05, 0.1) is 11.8 Å². The minimum Gasteiger partial charge on any atom is -0.319 e. The molecule has 1 aliphatic carbocycles. The fourth-order valence-electron chi connectivity index (χ4n) is 3.01. The van der Waals surface area contributed by atoms with Crippen molar-refractivity contribution in [2.24, 2.45) is 11.7 Å². The van der Waals surface area contributed by atoms with E-state index in [1.807, 2.05) is 11.4 Å². The lowest BCUT2D eigenvalue weighted by Gasteiger charge is -2.24. The molecule has 4 heteroatoms. The lowest BCUT2D eigenvalue weighted by atomic mass is 9.85. The van der Waals surface area contributed by atoms with Gasteiger partial charge in [-0.05, 0) is 64.9 Å². The quantitative estimate of drug-likeness (QED) is 0.785. The molecule has 2 aromatic rings. The SMILES string of the molecule is CC1=C(c2cc(CC(C)C)cs2)C(N)C(=N)C(c2cccs2)=C1. The van der Waals surface area contributed by atoms with E-state index in [1.165, 1.54) is 16.0 Å². The number of thiophene rings is 2. The average molecular weight is 343 g/mol. The molecule has 0 radical (unpaired) electrons. The molecular weight excluding hydrogens is 320 g/mol. The largest absolute Gasteiger partial charge is 0.319 e. The highest BCUT2D eigenvalue weighted by atomic mass is 32.1. The Morgan fingerprint density at radius 1 is 1.26 bits per heavy atom. The minimum absolute atomic E-state index is 0.345. The fourth-order valence-corrected chi connectivity index (χ4v) is 4.84. The number of rotatable bonds is 4. The topological polar surface area (TPSA) is 49.9 Å². The third-order valence-electron chi connectivity index (χ3n) is 4.05. The Morgan fingerprint density at radius 3 is 2.70 bits per heavy atom. The molecule has 1 aliphatic rings. The van der Waals surface area contributed by atoms with Crippen molar-refractivity contribution in [2.75, 3.05) is 0 Å². The molecule has 120 valence electrons.